The molecule has 0 bridgehead atoms. The number of nitrogens with two attached hydrogens (primary N) is 1. The molecule has 0 saturated heterocycles. The maximum absolute atomic E-state index is 13.5. The van der Waals surface area contributed by atoms with E-state index in [1.165, 1.54) is 7.11 Å². The van der Waals surface area contributed by atoms with Crippen LogP contribution in [-0.2, 0) is 4.79 Å². The van der Waals surface area contributed by atoms with Gasteiger partial charge < -0.3 is 15.6 Å². The van der Waals surface area contributed by atoms with Crippen molar-refractivity contribution >= 4 is 5.97 Å². The van der Waals surface area contributed by atoms with Gasteiger partial charge in [-0.2, -0.15) is 0 Å². The Kier molecular flexibility index (Phi) is 3.49. The first-order valence-corrected chi connectivity index (χ1v) is 4.72. The van der Waals surface area contributed by atoms with Crippen molar-refractivity contribution in [2.75, 3.05) is 7.11 Å². The number of carboxylic acids is 1. The van der Waals surface area contributed by atoms with Crippen LogP contribution in [-0.4, -0.2) is 18.2 Å². The lowest BCUT2D eigenvalue weighted by molar-refractivity contribution is -0.138. The van der Waals surface area contributed by atoms with Crippen molar-refractivity contribution in [2.24, 2.45) is 5.73 Å². The summed E-state index contributed by atoms with van der Waals surface area (Å²) in [6.07, 6.45) is 0. The first-order valence-electron chi connectivity index (χ1n) is 4.72. The molecule has 0 spiro atoms. The zero-order valence-electron chi connectivity index (χ0n) is 9.37. The highest BCUT2D eigenvalue weighted by molar-refractivity contribution is 5.76. The predicted octanol–water partition coefficient (Wildman–Crippen LogP) is 1.54. The largest absolute Gasteiger partial charge is 0.496 e. The van der Waals surface area contributed by atoms with Gasteiger partial charge in [-0.3, -0.25) is 4.79 Å². The normalized spacial score (nSPS) is 12.3. The highest BCUT2D eigenvalue weighted by atomic mass is 19.1. The fraction of sp³-hybridized carbons (Fsp3) is 0.364. The van der Waals surface area contributed by atoms with E-state index >= 15 is 0 Å². The van der Waals surface area contributed by atoms with Gasteiger partial charge in [0.05, 0.1) is 7.11 Å². The number of methoxy groups -OCH3 is 1. The van der Waals surface area contributed by atoms with Crippen molar-refractivity contribution in [3.63, 3.8) is 0 Å². The summed E-state index contributed by atoms with van der Waals surface area (Å²) >= 11 is 0. The SMILES string of the molecule is COc1c(C)c(F)cc(C(N)C(=O)O)c1C. The lowest BCUT2D eigenvalue weighted by Gasteiger charge is -2.16. The molecule has 0 fully saturated rings. The summed E-state index contributed by atoms with van der Waals surface area (Å²) in [4.78, 5) is 10.8. The second-order valence-electron chi connectivity index (χ2n) is 3.55. The van der Waals surface area contributed by atoms with Crippen LogP contribution >= 0.6 is 0 Å². The van der Waals surface area contributed by atoms with Crippen LogP contribution < -0.4 is 10.5 Å². The van der Waals surface area contributed by atoms with Gasteiger partial charge in [0.25, 0.3) is 0 Å². The molecule has 0 amide bonds. The van der Waals surface area contributed by atoms with Crippen LogP contribution in [0.15, 0.2) is 6.07 Å². The average Bonchev–Trinajstić information content (AvgIpc) is 2.23. The van der Waals surface area contributed by atoms with Gasteiger partial charge in [-0.25, -0.2) is 4.39 Å². The molecule has 3 N–H and O–H groups in total. The number of carboxylic acid groups (broad SMARTS) is 1. The van der Waals surface area contributed by atoms with E-state index in [1.807, 2.05) is 0 Å². The van der Waals surface area contributed by atoms with Gasteiger partial charge in [0, 0.05) is 5.56 Å². The highest BCUT2D eigenvalue weighted by Crippen LogP contribution is 2.31. The molecule has 0 aromatic heterocycles. The van der Waals surface area contributed by atoms with Gasteiger partial charge in [0.15, 0.2) is 0 Å². The van der Waals surface area contributed by atoms with Crippen molar-refractivity contribution in [1.82, 2.24) is 0 Å². The minimum Gasteiger partial charge on any atom is -0.496 e. The van der Waals surface area contributed by atoms with E-state index in [2.05, 4.69) is 0 Å². The monoisotopic (exact) mass is 227 g/mol. The lowest BCUT2D eigenvalue weighted by atomic mass is 9.98. The Morgan fingerprint density at radius 2 is 2.06 bits per heavy atom. The summed E-state index contributed by atoms with van der Waals surface area (Å²) in [5.74, 6) is -1.38. The smallest absolute Gasteiger partial charge is 0.325 e. The molecule has 1 unspecified atom stereocenters. The second kappa shape index (κ2) is 4.49. The van der Waals surface area contributed by atoms with Gasteiger partial charge in [0.1, 0.15) is 17.6 Å². The van der Waals surface area contributed by atoms with E-state index in [1.54, 1.807) is 13.8 Å². The van der Waals surface area contributed by atoms with Crippen LogP contribution in [0.2, 0.25) is 0 Å². The molecule has 88 valence electrons. The predicted molar refractivity (Wildman–Crippen MR) is 57.0 cm³/mol. The number of benzene rings is 1. The molecule has 5 heteroatoms. The molecule has 1 atom stereocenters. The standard InChI is InChI=1S/C11H14FNO3/c1-5-7(9(13)11(14)15)4-8(12)6(2)10(5)16-3/h4,9H,13H2,1-3H3,(H,14,15). The van der Waals surface area contributed by atoms with Crippen LogP contribution in [0.5, 0.6) is 5.75 Å². The molecule has 1 aromatic carbocycles. The maximum Gasteiger partial charge on any atom is 0.325 e. The zero-order chi connectivity index (χ0) is 12.5. The maximum atomic E-state index is 13.5. The fourth-order valence-corrected chi connectivity index (χ4v) is 1.64. The summed E-state index contributed by atoms with van der Waals surface area (Å²) in [5.41, 5.74) is 6.59. The van der Waals surface area contributed by atoms with Crippen LogP contribution in [0, 0.1) is 19.7 Å². The Bertz CT molecular complexity index is 432. The number of hydrogen-bond donors (Lipinski definition) is 2. The minimum absolute atomic E-state index is 0.229. The third-order valence-electron chi connectivity index (χ3n) is 2.56. The quantitative estimate of drug-likeness (QED) is 0.821. The van der Waals surface area contributed by atoms with Crippen molar-refractivity contribution in [3.8, 4) is 5.75 Å². The molecule has 1 aromatic rings. The molecular formula is C11H14FNO3. The number of aliphatic carboxylic acids is 1. The van der Waals surface area contributed by atoms with Gasteiger partial charge in [-0.05, 0) is 31.0 Å². The van der Waals surface area contributed by atoms with Crippen LogP contribution in [0.3, 0.4) is 0 Å². The Morgan fingerprint density at radius 1 is 1.50 bits per heavy atom. The van der Waals surface area contributed by atoms with Crippen LogP contribution in [0.4, 0.5) is 4.39 Å². The lowest BCUT2D eigenvalue weighted by Crippen LogP contribution is -2.22. The van der Waals surface area contributed by atoms with Crippen LogP contribution in [0.1, 0.15) is 22.7 Å². The Hall–Kier alpha value is -1.62. The fourth-order valence-electron chi connectivity index (χ4n) is 1.64. The third kappa shape index (κ3) is 1.99. The summed E-state index contributed by atoms with van der Waals surface area (Å²) in [5, 5.41) is 8.80. The molecule has 0 aliphatic carbocycles. The Labute approximate surface area is 92.8 Å². The number of hydrogen-bond acceptors (Lipinski definition) is 3. The molecule has 0 heterocycles. The van der Waals surface area contributed by atoms with E-state index in [4.69, 9.17) is 15.6 Å². The van der Waals surface area contributed by atoms with Gasteiger partial charge >= 0.3 is 5.97 Å². The Balaban J connectivity index is 3.42. The van der Waals surface area contributed by atoms with Gasteiger partial charge in [0.2, 0.25) is 0 Å². The van der Waals surface area contributed by atoms with Crippen molar-refractivity contribution in [2.45, 2.75) is 19.9 Å². The molecule has 0 saturated carbocycles. The number of ether oxygens (including phenoxy) is 1. The van der Waals surface area contributed by atoms with E-state index in [9.17, 15) is 9.18 Å². The van der Waals surface area contributed by atoms with Crippen molar-refractivity contribution < 1.29 is 19.0 Å². The Morgan fingerprint density at radius 3 is 2.50 bits per heavy atom. The number of carbonyl (C=O) groups is 1. The molecule has 1 rings (SSSR count). The van der Waals surface area contributed by atoms with E-state index in [-0.39, 0.29) is 5.56 Å². The summed E-state index contributed by atoms with van der Waals surface area (Å²) < 4.78 is 18.5. The summed E-state index contributed by atoms with van der Waals surface area (Å²) in [7, 11) is 1.41. The van der Waals surface area contributed by atoms with Gasteiger partial charge in [-0.1, -0.05) is 0 Å². The second-order valence-corrected chi connectivity index (χ2v) is 3.55. The summed E-state index contributed by atoms with van der Waals surface area (Å²) in [6, 6.07) is -0.101. The average molecular weight is 227 g/mol. The van der Waals surface area contributed by atoms with Gasteiger partial charge in [-0.15, -0.1) is 0 Å². The topological polar surface area (TPSA) is 72.5 Å². The first kappa shape index (κ1) is 12.4. The molecule has 4 nitrogen and oxygen atoms in total. The van der Waals surface area contributed by atoms with Crippen molar-refractivity contribution in [3.05, 3.63) is 28.6 Å². The molecule has 0 radical (unpaired) electrons. The first-order chi connectivity index (χ1) is 7.40. The third-order valence-corrected chi connectivity index (χ3v) is 2.56. The molecule has 16 heavy (non-hydrogen) atoms. The number of rotatable bonds is 3. The van der Waals surface area contributed by atoms with Crippen molar-refractivity contribution in [1.29, 1.82) is 0 Å². The molecule has 0 aliphatic heterocycles. The zero-order valence-corrected chi connectivity index (χ0v) is 9.37. The van der Waals surface area contributed by atoms with E-state index in [0.29, 0.717) is 16.9 Å². The summed E-state index contributed by atoms with van der Waals surface area (Å²) in [6.45, 7) is 3.22. The molecular weight excluding hydrogens is 213 g/mol. The van der Waals surface area contributed by atoms with Crippen LogP contribution in [0.25, 0.3) is 0 Å². The van der Waals surface area contributed by atoms with E-state index < -0.39 is 17.8 Å². The van der Waals surface area contributed by atoms with E-state index in [0.717, 1.165) is 6.07 Å². The number of halogens is 1. The highest BCUT2D eigenvalue weighted by Gasteiger charge is 2.21. The minimum atomic E-state index is -1.25. The molecule has 0 aliphatic rings.